The lowest BCUT2D eigenvalue weighted by molar-refractivity contribution is -0.202. The van der Waals surface area contributed by atoms with E-state index in [-0.39, 0.29) is 11.6 Å². The van der Waals surface area contributed by atoms with E-state index in [2.05, 4.69) is 0 Å². The molecule has 2 bridgehead atoms. The van der Waals surface area contributed by atoms with Gasteiger partial charge in [0.2, 0.25) is 5.78 Å². The maximum atomic E-state index is 13.5. The second-order valence-corrected chi connectivity index (χ2v) is 7.29. The van der Waals surface area contributed by atoms with Crippen molar-refractivity contribution in [2.75, 3.05) is 0 Å². The topological polar surface area (TPSA) is 52.6 Å². The lowest BCUT2D eigenvalue weighted by Crippen LogP contribution is -2.57. The molecule has 0 aromatic heterocycles. The van der Waals surface area contributed by atoms with E-state index in [4.69, 9.17) is 9.47 Å². The fourth-order valence-corrected chi connectivity index (χ4v) is 4.99. The third kappa shape index (κ3) is 1.35. The molecule has 2 aromatic rings. The van der Waals surface area contributed by atoms with E-state index in [1.54, 1.807) is 0 Å². The Bertz CT molecular complexity index is 927. The summed E-state index contributed by atoms with van der Waals surface area (Å²) in [7, 11) is 0. The van der Waals surface area contributed by atoms with Gasteiger partial charge in [0.05, 0.1) is 0 Å². The first-order valence-corrected chi connectivity index (χ1v) is 8.42. The van der Waals surface area contributed by atoms with Gasteiger partial charge >= 0.3 is 0 Å². The standard InChI is InChI=1S/C20H18O4/c1-12(21)19-11-5-10-18(2,23-19)24-20(19)15-9-4-7-13-6-3-8-14(16(13)15)17(20)22/h3-4,6-9H,5,10-11H2,1-2H3/t18-,19+,20+/m0/s1. The van der Waals surface area contributed by atoms with Crippen LogP contribution in [0.4, 0.5) is 0 Å². The second kappa shape index (κ2) is 4.13. The molecular formula is C20H18O4. The quantitative estimate of drug-likeness (QED) is 0.806. The fraction of sp³-hybridized carbons (Fsp3) is 0.400. The first-order valence-electron chi connectivity index (χ1n) is 8.42. The van der Waals surface area contributed by atoms with Crippen molar-refractivity contribution >= 4 is 22.3 Å². The Hall–Kier alpha value is -2.04. The largest absolute Gasteiger partial charge is 0.332 e. The summed E-state index contributed by atoms with van der Waals surface area (Å²) in [5, 5.41) is 1.88. The Morgan fingerprint density at radius 2 is 1.83 bits per heavy atom. The van der Waals surface area contributed by atoms with Gasteiger partial charge in [-0.1, -0.05) is 36.4 Å². The Morgan fingerprint density at radius 1 is 1.08 bits per heavy atom. The van der Waals surface area contributed by atoms with Crippen LogP contribution >= 0.6 is 0 Å². The first kappa shape index (κ1) is 14.3. The molecule has 2 heterocycles. The number of ether oxygens (including phenoxy) is 2. The van der Waals surface area contributed by atoms with E-state index in [1.807, 2.05) is 43.3 Å². The highest BCUT2D eigenvalue weighted by molar-refractivity contribution is 6.22. The zero-order valence-corrected chi connectivity index (χ0v) is 13.7. The molecule has 0 saturated carbocycles. The van der Waals surface area contributed by atoms with Crippen LogP contribution in [0.25, 0.3) is 10.8 Å². The maximum absolute atomic E-state index is 13.5. The van der Waals surface area contributed by atoms with Gasteiger partial charge in [-0.2, -0.15) is 0 Å². The predicted octanol–water partition coefficient (Wildman–Crippen LogP) is 3.51. The minimum Gasteiger partial charge on any atom is -0.332 e. The van der Waals surface area contributed by atoms with Crippen molar-refractivity contribution in [3.8, 4) is 0 Å². The average Bonchev–Trinajstić information content (AvgIpc) is 2.91. The van der Waals surface area contributed by atoms with Crippen molar-refractivity contribution < 1.29 is 19.1 Å². The van der Waals surface area contributed by atoms with Crippen LogP contribution in [0.3, 0.4) is 0 Å². The van der Waals surface area contributed by atoms with Gasteiger partial charge in [0.15, 0.2) is 22.8 Å². The van der Waals surface area contributed by atoms with Crippen LogP contribution in [0.2, 0.25) is 0 Å². The van der Waals surface area contributed by atoms with Gasteiger partial charge in [0.1, 0.15) is 0 Å². The third-order valence-corrected chi connectivity index (χ3v) is 5.90. The number of hydrogen-bond acceptors (Lipinski definition) is 4. The summed E-state index contributed by atoms with van der Waals surface area (Å²) in [4.78, 5) is 26.3. The van der Waals surface area contributed by atoms with Crippen LogP contribution in [0.1, 0.15) is 49.0 Å². The number of hydrogen-bond donors (Lipinski definition) is 0. The van der Waals surface area contributed by atoms with Gasteiger partial charge in [0, 0.05) is 17.5 Å². The van der Waals surface area contributed by atoms with E-state index >= 15 is 0 Å². The van der Waals surface area contributed by atoms with E-state index < -0.39 is 17.0 Å². The molecule has 2 fully saturated rings. The number of carbonyl (C=O) groups excluding carboxylic acids is 2. The van der Waals surface area contributed by atoms with Crippen LogP contribution in [-0.2, 0) is 19.9 Å². The van der Waals surface area contributed by atoms with Crippen molar-refractivity contribution in [3.05, 3.63) is 47.5 Å². The van der Waals surface area contributed by atoms with Gasteiger partial charge in [-0.3, -0.25) is 9.59 Å². The normalized spacial score (nSPS) is 36.7. The van der Waals surface area contributed by atoms with Crippen molar-refractivity contribution in [2.24, 2.45) is 0 Å². The molecule has 24 heavy (non-hydrogen) atoms. The van der Waals surface area contributed by atoms with Gasteiger partial charge in [-0.25, -0.2) is 0 Å². The zero-order valence-electron chi connectivity index (χ0n) is 13.7. The monoisotopic (exact) mass is 322 g/mol. The minimum atomic E-state index is -1.35. The molecule has 0 amide bonds. The lowest BCUT2D eigenvalue weighted by Gasteiger charge is -2.39. The molecule has 0 radical (unpaired) electrons. The predicted molar refractivity (Wildman–Crippen MR) is 87.8 cm³/mol. The summed E-state index contributed by atoms with van der Waals surface area (Å²) < 4.78 is 12.6. The number of ketones is 2. The van der Waals surface area contributed by atoms with Gasteiger partial charge in [-0.15, -0.1) is 0 Å². The highest BCUT2D eigenvalue weighted by Crippen LogP contribution is 2.62. The molecule has 0 N–H and O–H groups in total. The van der Waals surface area contributed by atoms with E-state index in [9.17, 15) is 9.59 Å². The molecule has 122 valence electrons. The zero-order chi connectivity index (χ0) is 16.7. The SMILES string of the molecule is CC(=O)[C@@]12CCC[C@@](C)(O1)O[C@]21C(=O)c2cccc3cccc1c23. The summed E-state index contributed by atoms with van der Waals surface area (Å²) in [5.41, 5.74) is -1.18. The summed E-state index contributed by atoms with van der Waals surface area (Å²) in [6.45, 7) is 3.35. The smallest absolute Gasteiger partial charge is 0.203 e. The number of carbonyl (C=O) groups is 2. The fourth-order valence-electron chi connectivity index (χ4n) is 4.99. The van der Waals surface area contributed by atoms with Crippen molar-refractivity contribution in [2.45, 2.75) is 50.1 Å². The molecule has 2 aromatic carbocycles. The molecule has 2 aliphatic heterocycles. The first-order chi connectivity index (χ1) is 11.4. The molecule has 4 heteroatoms. The summed E-state index contributed by atoms with van der Waals surface area (Å²) in [5.74, 6) is -1.18. The molecule has 1 spiro atoms. The van der Waals surface area contributed by atoms with Crippen LogP contribution < -0.4 is 0 Å². The summed E-state index contributed by atoms with van der Waals surface area (Å²) in [6, 6.07) is 11.5. The lowest BCUT2D eigenvalue weighted by atomic mass is 9.72. The highest BCUT2D eigenvalue weighted by Gasteiger charge is 2.74. The van der Waals surface area contributed by atoms with Crippen LogP contribution in [0.15, 0.2) is 36.4 Å². The molecular weight excluding hydrogens is 304 g/mol. The number of rotatable bonds is 1. The van der Waals surface area contributed by atoms with Gasteiger partial charge < -0.3 is 9.47 Å². The van der Waals surface area contributed by atoms with Gasteiger partial charge in [-0.05, 0) is 37.5 Å². The van der Waals surface area contributed by atoms with Crippen LogP contribution in [0.5, 0.6) is 0 Å². The minimum absolute atomic E-state index is 0.135. The summed E-state index contributed by atoms with van der Waals surface area (Å²) >= 11 is 0. The van der Waals surface area contributed by atoms with Crippen molar-refractivity contribution in [1.29, 1.82) is 0 Å². The van der Waals surface area contributed by atoms with Crippen LogP contribution in [-0.4, -0.2) is 23.0 Å². The molecule has 1 aliphatic carbocycles. The molecule has 4 nitrogen and oxygen atoms in total. The Balaban J connectivity index is 1.91. The van der Waals surface area contributed by atoms with Crippen molar-refractivity contribution in [3.63, 3.8) is 0 Å². The molecule has 3 aliphatic rings. The highest BCUT2D eigenvalue weighted by atomic mass is 16.8. The molecule has 3 atom stereocenters. The number of benzene rings is 2. The Kier molecular flexibility index (Phi) is 2.46. The Morgan fingerprint density at radius 3 is 2.58 bits per heavy atom. The van der Waals surface area contributed by atoms with Crippen LogP contribution in [0, 0.1) is 0 Å². The van der Waals surface area contributed by atoms with Crippen molar-refractivity contribution in [1.82, 2.24) is 0 Å². The molecule has 5 rings (SSSR count). The average molecular weight is 322 g/mol. The second-order valence-electron chi connectivity index (χ2n) is 7.29. The van der Waals surface area contributed by atoms with Gasteiger partial charge in [0.25, 0.3) is 0 Å². The maximum Gasteiger partial charge on any atom is 0.203 e. The number of fused-ring (bicyclic) bond motifs is 4. The number of Topliss-reactive ketones (excluding diaryl/α,β-unsaturated/α-hetero) is 2. The van der Waals surface area contributed by atoms with E-state index in [0.717, 1.165) is 22.8 Å². The van der Waals surface area contributed by atoms with E-state index in [1.165, 1.54) is 6.92 Å². The van der Waals surface area contributed by atoms with E-state index in [0.29, 0.717) is 18.4 Å². The third-order valence-electron chi connectivity index (χ3n) is 5.90. The molecule has 2 saturated heterocycles. The summed E-state index contributed by atoms with van der Waals surface area (Å²) in [6.07, 6.45) is 1.99. The molecule has 0 unspecified atom stereocenters. The Labute approximate surface area is 139 Å².